The molecule has 0 N–H and O–H groups in total. The van der Waals surface area contributed by atoms with Crippen molar-refractivity contribution in [2.75, 3.05) is 19.2 Å². The summed E-state index contributed by atoms with van der Waals surface area (Å²) in [6, 6.07) is 0.518. The van der Waals surface area contributed by atoms with Crippen LogP contribution in [0.3, 0.4) is 0 Å². The van der Waals surface area contributed by atoms with Gasteiger partial charge in [0.25, 0.3) is 8.53 Å². The topological polar surface area (TPSA) is 48.0 Å². The molecule has 0 aromatic rings. The van der Waals surface area contributed by atoms with Gasteiger partial charge < -0.3 is 9.26 Å². The zero-order valence-electron chi connectivity index (χ0n) is 18.6. The lowest BCUT2D eigenvalue weighted by molar-refractivity contribution is -0.117. The fourth-order valence-electron chi connectivity index (χ4n) is 1.95. The van der Waals surface area contributed by atoms with E-state index in [4.69, 9.17) is 26.0 Å². The first-order valence-electron chi connectivity index (χ1n) is 9.36. The Morgan fingerprint density at radius 3 is 1.93 bits per heavy atom. The number of nitrogens with zero attached hydrogens (tertiary/aromatic N) is 1. The molecule has 0 rings (SSSR count). The predicted octanol–water partition coefficient (Wildman–Crippen LogP) is 6.02. The highest BCUT2D eigenvalue weighted by molar-refractivity contribution is 8.13. The summed E-state index contributed by atoms with van der Waals surface area (Å²) < 4.78 is 19.7. The molecular formula is C19H38NO4PS2. The SMILES string of the molecule is CC(C)N(C(C)C)[P@@](OCCSC(=O)C(C)(C)C)OCOC(=S)C(C)(C)C. The summed E-state index contributed by atoms with van der Waals surface area (Å²) in [5.74, 6) is 0.601. The molecule has 0 aliphatic rings. The van der Waals surface area contributed by atoms with Crippen molar-refractivity contribution in [1.82, 2.24) is 4.67 Å². The lowest BCUT2D eigenvalue weighted by Crippen LogP contribution is -2.34. The smallest absolute Gasteiger partial charge is 0.262 e. The summed E-state index contributed by atoms with van der Waals surface area (Å²) in [6.07, 6.45) is 0. The lowest BCUT2D eigenvalue weighted by atomic mass is 9.98. The molecule has 0 aromatic carbocycles. The molecule has 1 atom stereocenters. The highest BCUT2D eigenvalue weighted by Gasteiger charge is 2.28. The molecule has 0 spiro atoms. The highest BCUT2D eigenvalue weighted by atomic mass is 32.2. The second-order valence-corrected chi connectivity index (χ2v) is 11.8. The van der Waals surface area contributed by atoms with Crippen LogP contribution in [-0.4, -0.2) is 46.1 Å². The van der Waals surface area contributed by atoms with E-state index in [0.717, 1.165) is 0 Å². The second kappa shape index (κ2) is 12.0. The van der Waals surface area contributed by atoms with E-state index in [1.54, 1.807) is 0 Å². The molecule has 0 heterocycles. The second-order valence-electron chi connectivity index (χ2n) is 8.95. The number of carbonyl (C=O) groups excluding carboxylic acids is 1. The summed E-state index contributed by atoms with van der Waals surface area (Å²) >= 11 is 6.60. The van der Waals surface area contributed by atoms with Gasteiger partial charge in [-0.05, 0) is 39.9 Å². The molecule has 0 saturated heterocycles. The van der Waals surface area contributed by atoms with Crippen molar-refractivity contribution in [1.29, 1.82) is 0 Å². The Hall–Kier alpha value is 0.220. The maximum absolute atomic E-state index is 12.0. The van der Waals surface area contributed by atoms with Crippen LogP contribution in [0.25, 0.3) is 0 Å². The van der Waals surface area contributed by atoms with E-state index in [1.807, 2.05) is 41.5 Å². The van der Waals surface area contributed by atoms with Gasteiger partial charge in [-0.2, -0.15) is 0 Å². The van der Waals surface area contributed by atoms with E-state index >= 15 is 0 Å². The number of ether oxygens (including phenoxy) is 1. The standard InChI is InChI=1S/C19H38NO4PS2/c1-14(2)20(15(3)4)25(24-13-22-17(26)19(8,9)10)23-11-12-27-16(21)18(5,6)7/h14-15H,11-13H2,1-10H3/t25-/m0/s1. The largest absolute Gasteiger partial charge is 0.460 e. The van der Waals surface area contributed by atoms with Crippen molar-refractivity contribution in [2.45, 2.75) is 81.3 Å². The van der Waals surface area contributed by atoms with E-state index in [0.29, 0.717) is 17.4 Å². The van der Waals surface area contributed by atoms with Gasteiger partial charge in [0.15, 0.2) is 17.0 Å². The van der Waals surface area contributed by atoms with Crippen LogP contribution in [0.1, 0.15) is 69.2 Å². The van der Waals surface area contributed by atoms with Crippen LogP contribution in [0.15, 0.2) is 0 Å². The molecular weight excluding hydrogens is 401 g/mol. The zero-order valence-corrected chi connectivity index (χ0v) is 21.1. The molecule has 0 aliphatic carbocycles. The van der Waals surface area contributed by atoms with Crippen molar-refractivity contribution in [3.63, 3.8) is 0 Å². The third-order valence-corrected chi connectivity index (χ3v) is 7.35. The third kappa shape index (κ3) is 11.1. The van der Waals surface area contributed by atoms with Gasteiger partial charge in [0, 0.05) is 28.7 Å². The molecule has 0 amide bonds. The fourth-order valence-corrected chi connectivity index (χ4v) is 4.39. The molecule has 160 valence electrons. The normalized spacial score (nSPS) is 14.1. The van der Waals surface area contributed by atoms with Gasteiger partial charge in [0.05, 0.1) is 6.61 Å². The van der Waals surface area contributed by atoms with Crippen LogP contribution in [0, 0.1) is 10.8 Å². The minimum atomic E-state index is -1.30. The molecule has 0 fully saturated rings. The Bertz CT molecular complexity index is 465. The van der Waals surface area contributed by atoms with E-state index in [1.165, 1.54) is 11.8 Å². The highest BCUT2D eigenvalue weighted by Crippen LogP contribution is 2.46. The summed E-state index contributed by atoms with van der Waals surface area (Å²) in [6.45, 7) is 20.7. The van der Waals surface area contributed by atoms with Crippen molar-refractivity contribution < 1.29 is 18.6 Å². The third-order valence-electron chi connectivity index (χ3n) is 3.34. The van der Waals surface area contributed by atoms with E-state index in [-0.39, 0.29) is 34.8 Å². The minimum Gasteiger partial charge on any atom is -0.460 e. The average molecular weight is 440 g/mol. The van der Waals surface area contributed by atoms with Crippen molar-refractivity contribution >= 4 is 42.7 Å². The Morgan fingerprint density at radius 1 is 1.00 bits per heavy atom. The first-order chi connectivity index (χ1) is 12.2. The average Bonchev–Trinajstić information content (AvgIpc) is 2.47. The zero-order chi connectivity index (χ0) is 21.4. The number of hydrogen-bond acceptors (Lipinski definition) is 7. The van der Waals surface area contributed by atoms with Gasteiger partial charge in [0.2, 0.25) is 0 Å². The quantitative estimate of drug-likeness (QED) is 0.178. The number of thiocarbonyl (C=S) groups is 1. The number of carbonyl (C=O) groups is 1. The van der Waals surface area contributed by atoms with Crippen LogP contribution in [0.4, 0.5) is 0 Å². The minimum absolute atomic E-state index is 0.0613. The summed E-state index contributed by atoms with van der Waals surface area (Å²) in [7, 11) is -1.30. The van der Waals surface area contributed by atoms with Gasteiger partial charge in [0.1, 0.15) is 0 Å². The molecule has 0 aliphatic heterocycles. The van der Waals surface area contributed by atoms with Gasteiger partial charge in [-0.1, -0.05) is 53.3 Å². The lowest BCUT2D eigenvalue weighted by Gasteiger charge is -2.35. The van der Waals surface area contributed by atoms with Gasteiger partial charge in [-0.15, -0.1) is 0 Å². The molecule has 0 radical (unpaired) electrons. The Kier molecular flexibility index (Phi) is 12.1. The fraction of sp³-hybridized carbons (Fsp3) is 0.895. The summed E-state index contributed by atoms with van der Waals surface area (Å²) in [4.78, 5) is 12.0. The first kappa shape index (κ1) is 27.2. The Labute approximate surface area is 177 Å². The number of rotatable bonds is 10. The van der Waals surface area contributed by atoms with Crippen LogP contribution in [-0.2, 0) is 18.6 Å². The number of hydrogen-bond donors (Lipinski definition) is 0. The summed E-state index contributed by atoms with van der Waals surface area (Å²) in [5, 5.41) is 0.684. The molecule has 0 bridgehead atoms. The first-order valence-corrected chi connectivity index (χ1v) is 11.9. The molecule has 5 nitrogen and oxygen atoms in total. The van der Waals surface area contributed by atoms with Crippen LogP contribution < -0.4 is 0 Å². The van der Waals surface area contributed by atoms with Gasteiger partial charge in [-0.3, -0.25) is 9.32 Å². The van der Waals surface area contributed by atoms with Crippen molar-refractivity contribution in [3.05, 3.63) is 0 Å². The molecule has 0 aromatic heterocycles. The predicted molar refractivity (Wildman–Crippen MR) is 121 cm³/mol. The van der Waals surface area contributed by atoms with Crippen molar-refractivity contribution in [3.8, 4) is 0 Å². The van der Waals surface area contributed by atoms with Crippen LogP contribution in [0.2, 0.25) is 0 Å². The number of thioether (sulfide) groups is 1. The van der Waals surface area contributed by atoms with E-state index in [9.17, 15) is 4.79 Å². The molecule has 0 unspecified atom stereocenters. The maximum atomic E-state index is 12.0. The molecule has 0 saturated carbocycles. The summed E-state index contributed by atoms with van der Waals surface area (Å²) in [5.41, 5.74) is -0.549. The maximum Gasteiger partial charge on any atom is 0.262 e. The van der Waals surface area contributed by atoms with Gasteiger partial charge >= 0.3 is 0 Å². The molecule has 27 heavy (non-hydrogen) atoms. The Balaban J connectivity index is 4.76. The Morgan fingerprint density at radius 2 is 1.52 bits per heavy atom. The van der Waals surface area contributed by atoms with Crippen LogP contribution >= 0.6 is 32.5 Å². The van der Waals surface area contributed by atoms with E-state index < -0.39 is 8.53 Å². The van der Waals surface area contributed by atoms with Crippen molar-refractivity contribution in [2.24, 2.45) is 10.8 Å². The van der Waals surface area contributed by atoms with Gasteiger partial charge in [-0.25, -0.2) is 4.67 Å². The van der Waals surface area contributed by atoms with Crippen LogP contribution in [0.5, 0.6) is 0 Å². The van der Waals surface area contributed by atoms with E-state index in [2.05, 4.69) is 32.4 Å². The monoisotopic (exact) mass is 439 g/mol. The molecule has 8 heteroatoms.